The smallest absolute Gasteiger partial charge is 0.121 e. The highest BCUT2D eigenvalue weighted by atomic mass is 16.5. The Kier molecular flexibility index (Phi) is 6.79. The van der Waals surface area contributed by atoms with E-state index in [1.54, 1.807) is 0 Å². The Bertz CT molecular complexity index is 578. The van der Waals surface area contributed by atoms with Crippen molar-refractivity contribution in [2.45, 2.75) is 46.3 Å². The molecule has 0 aromatic heterocycles. The van der Waals surface area contributed by atoms with Crippen molar-refractivity contribution in [3.63, 3.8) is 0 Å². The zero-order valence-electron chi connectivity index (χ0n) is 14.3. The topological polar surface area (TPSA) is 30.5 Å². The van der Waals surface area contributed by atoms with Gasteiger partial charge in [0.05, 0.1) is 12.7 Å². The third-order valence-corrected chi connectivity index (χ3v) is 3.39. The largest absolute Gasteiger partial charge is 0.494 e. The second-order valence-electron chi connectivity index (χ2n) is 5.89. The molecule has 0 atom stereocenters. The first kappa shape index (κ1) is 17.2. The minimum Gasteiger partial charge on any atom is -0.494 e. The molecule has 0 unspecified atom stereocenters. The molecule has 1 N–H and O–H groups in total. The average molecular weight is 313 g/mol. The Hall–Kier alpha value is -2.16. The van der Waals surface area contributed by atoms with Crippen LogP contribution in [0.25, 0.3) is 0 Å². The van der Waals surface area contributed by atoms with E-state index in [1.807, 2.05) is 44.2 Å². The van der Waals surface area contributed by atoms with Gasteiger partial charge in [-0.15, -0.1) is 0 Å². The molecule has 2 aromatic rings. The van der Waals surface area contributed by atoms with E-state index in [4.69, 9.17) is 9.47 Å². The van der Waals surface area contributed by atoms with Crippen molar-refractivity contribution >= 4 is 5.69 Å². The second kappa shape index (κ2) is 9.09. The van der Waals surface area contributed by atoms with Crippen LogP contribution in [0.2, 0.25) is 0 Å². The van der Waals surface area contributed by atoms with Crippen molar-refractivity contribution in [1.82, 2.24) is 0 Å². The summed E-state index contributed by atoms with van der Waals surface area (Å²) in [5.74, 6) is 1.83. The summed E-state index contributed by atoms with van der Waals surface area (Å²) in [5.41, 5.74) is 2.29. The van der Waals surface area contributed by atoms with Crippen LogP contribution in [0, 0.1) is 0 Å². The summed E-state index contributed by atoms with van der Waals surface area (Å²) in [7, 11) is 0. The minimum atomic E-state index is 0.203. The number of unbranched alkanes of at least 4 members (excludes halogenated alkanes) is 1. The van der Waals surface area contributed by atoms with Gasteiger partial charge >= 0.3 is 0 Å². The van der Waals surface area contributed by atoms with Crippen LogP contribution in [0.15, 0.2) is 48.5 Å². The fourth-order valence-electron chi connectivity index (χ4n) is 2.19. The number of nitrogens with one attached hydrogen (secondary N) is 1. The predicted molar refractivity (Wildman–Crippen MR) is 96.4 cm³/mol. The second-order valence-corrected chi connectivity index (χ2v) is 5.89. The van der Waals surface area contributed by atoms with E-state index >= 15 is 0 Å². The Balaban J connectivity index is 1.86. The quantitative estimate of drug-likeness (QED) is 0.640. The first-order valence-electron chi connectivity index (χ1n) is 8.39. The van der Waals surface area contributed by atoms with Gasteiger partial charge in [-0.3, -0.25) is 0 Å². The summed E-state index contributed by atoms with van der Waals surface area (Å²) in [6.45, 7) is 7.78. The number of ether oxygens (including phenoxy) is 2. The Labute approximate surface area is 139 Å². The van der Waals surface area contributed by atoms with Crippen LogP contribution < -0.4 is 14.8 Å². The van der Waals surface area contributed by atoms with Crippen LogP contribution in [0.3, 0.4) is 0 Å². The molecular formula is C20H27NO2. The van der Waals surface area contributed by atoms with Crippen LogP contribution >= 0.6 is 0 Å². The van der Waals surface area contributed by atoms with Gasteiger partial charge in [-0.2, -0.15) is 0 Å². The molecule has 0 aliphatic heterocycles. The molecule has 0 bridgehead atoms. The van der Waals surface area contributed by atoms with Gasteiger partial charge in [0.25, 0.3) is 0 Å². The Morgan fingerprint density at radius 2 is 1.78 bits per heavy atom. The van der Waals surface area contributed by atoms with Gasteiger partial charge in [-0.25, -0.2) is 0 Å². The zero-order chi connectivity index (χ0) is 16.5. The van der Waals surface area contributed by atoms with Gasteiger partial charge in [-0.05, 0) is 50.1 Å². The van der Waals surface area contributed by atoms with E-state index < -0.39 is 0 Å². The maximum Gasteiger partial charge on any atom is 0.121 e. The molecule has 23 heavy (non-hydrogen) atoms. The van der Waals surface area contributed by atoms with Gasteiger partial charge in [0, 0.05) is 18.3 Å². The summed E-state index contributed by atoms with van der Waals surface area (Å²) in [6.07, 6.45) is 2.44. The van der Waals surface area contributed by atoms with Crippen molar-refractivity contribution in [2.75, 3.05) is 11.9 Å². The minimum absolute atomic E-state index is 0.203. The number of hydrogen-bond donors (Lipinski definition) is 1. The highest BCUT2D eigenvalue weighted by molar-refractivity contribution is 5.48. The molecule has 0 saturated carbocycles. The molecule has 0 aliphatic rings. The molecule has 124 valence electrons. The molecule has 2 rings (SSSR count). The normalized spacial score (nSPS) is 10.6. The SMILES string of the molecule is CCCCOc1cccc(NCc2ccc(OC(C)C)cc2)c1. The Morgan fingerprint density at radius 3 is 2.48 bits per heavy atom. The summed E-state index contributed by atoms with van der Waals surface area (Å²) in [6, 6.07) is 16.3. The fourth-order valence-corrected chi connectivity index (χ4v) is 2.19. The summed E-state index contributed by atoms with van der Waals surface area (Å²) >= 11 is 0. The first-order valence-corrected chi connectivity index (χ1v) is 8.39. The molecule has 2 aromatic carbocycles. The number of hydrogen-bond acceptors (Lipinski definition) is 3. The van der Waals surface area contributed by atoms with E-state index in [2.05, 4.69) is 30.4 Å². The van der Waals surface area contributed by atoms with Crippen LogP contribution in [0.4, 0.5) is 5.69 Å². The van der Waals surface area contributed by atoms with Gasteiger partial charge < -0.3 is 14.8 Å². The lowest BCUT2D eigenvalue weighted by Crippen LogP contribution is -2.05. The van der Waals surface area contributed by atoms with Gasteiger partial charge in [0.1, 0.15) is 11.5 Å². The van der Waals surface area contributed by atoms with E-state index in [1.165, 1.54) is 5.56 Å². The third kappa shape index (κ3) is 6.23. The van der Waals surface area contributed by atoms with Gasteiger partial charge in [0.15, 0.2) is 0 Å². The van der Waals surface area contributed by atoms with Crippen LogP contribution in [-0.4, -0.2) is 12.7 Å². The van der Waals surface area contributed by atoms with E-state index in [-0.39, 0.29) is 6.10 Å². The van der Waals surface area contributed by atoms with E-state index in [0.717, 1.165) is 43.2 Å². The van der Waals surface area contributed by atoms with Crippen molar-refractivity contribution in [2.24, 2.45) is 0 Å². The molecule has 3 heteroatoms. The van der Waals surface area contributed by atoms with Crippen molar-refractivity contribution in [3.05, 3.63) is 54.1 Å². The number of rotatable bonds is 9. The summed E-state index contributed by atoms with van der Waals surface area (Å²) < 4.78 is 11.4. The maximum atomic E-state index is 5.74. The van der Waals surface area contributed by atoms with Gasteiger partial charge in [0.2, 0.25) is 0 Å². The fraction of sp³-hybridized carbons (Fsp3) is 0.400. The molecule has 0 amide bonds. The molecule has 0 radical (unpaired) electrons. The highest BCUT2D eigenvalue weighted by Crippen LogP contribution is 2.19. The molecule has 0 fully saturated rings. The predicted octanol–water partition coefficient (Wildman–Crippen LogP) is 5.26. The lowest BCUT2D eigenvalue weighted by Gasteiger charge is -2.12. The molecular weight excluding hydrogens is 286 g/mol. The molecule has 0 saturated heterocycles. The van der Waals surface area contributed by atoms with Crippen molar-refractivity contribution in [1.29, 1.82) is 0 Å². The van der Waals surface area contributed by atoms with Crippen LogP contribution in [0.1, 0.15) is 39.2 Å². The standard InChI is InChI=1S/C20H27NO2/c1-4-5-13-22-20-8-6-7-18(14-20)21-15-17-9-11-19(12-10-17)23-16(2)3/h6-12,14,16,21H,4-5,13,15H2,1-3H3. The van der Waals surface area contributed by atoms with Gasteiger partial charge in [-0.1, -0.05) is 31.5 Å². The van der Waals surface area contributed by atoms with Crippen LogP contribution in [0.5, 0.6) is 11.5 Å². The van der Waals surface area contributed by atoms with Crippen molar-refractivity contribution in [3.8, 4) is 11.5 Å². The van der Waals surface area contributed by atoms with Crippen LogP contribution in [-0.2, 0) is 6.54 Å². The molecule has 0 spiro atoms. The Morgan fingerprint density at radius 1 is 1.00 bits per heavy atom. The van der Waals surface area contributed by atoms with E-state index in [9.17, 15) is 0 Å². The van der Waals surface area contributed by atoms with E-state index in [0.29, 0.717) is 0 Å². The maximum absolute atomic E-state index is 5.74. The summed E-state index contributed by atoms with van der Waals surface area (Å²) in [4.78, 5) is 0. The lowest BCUT2D eigenvalue weighted by molar-refractivity contribution is 0.242. The number of benzene rings is 2. The lowest BCUT2D eigenvalue weighted by atomic mass is 10.2. The zero-order valence-corrected chi connectivity index (χ0v) is 14.3. The molecule has 0 aliphatic carbocycles. The molecule has 3 nitrogen and oxygen atoms in total. The molecule has 0 heterocycles. The summed E-state index contributed by atoms with van der Waals surface area (Å²) in [5, 5.41) is 3.43. The number of anilines is 1. The third-order valence-electron chi connectivity index (χ3n) is 3.39. The monoisotopic (exact) mass is 313 g/mol. The average Bonchev–Trinajstić information content (AvgIpc) is 2.54. The van der Waals surface area contributed by atoms with Crippen molar-refractivity contribution < 1.29 is 9.47 Å². The first-order chi connectivity index (χ1) is 11.2. The highest BCUT2D eigenvalue weighted by Gasteiger charge is 2.00.